The Bertz CT molecular complexity index is 1530. The molecule has 2 heterocycles. The summed E-state index contributed by atoms with van der Waals surface area (Å²) in [5.74, 6) is -1.31. The van der Waals surface area contributed by atoms with Crippen LogP contribution < -0.4 is 9.62 Å². The molecular weight excluding hydrogens is 564 g/mol. The maximum absolute atomic E-state index is 13.3. The predicted molar refractivity (Wildman–Crippen MR) is 154 cm³/mol. The maximum Gasteiger partial charge on any atom is 0.340 e. The number of rotatable bonds is 10. The van der Waals surface area contributed by atoms with Crippen molar-refractivity contribution in [3.8, 4) is 0 Å². The van der Waals surface area contributed by atoms with Crippen LogP contribution in [0.5, 0.6) is 0 Å². The number of esters is 1. The van der Waals surface area contributed by atoms with Crippen LogP contribution in [-0.4, -0.2) is 33.4 Å². The van der Waals surface area contributed by atoms with Crippen molar-refractivity contribution in [2.75, 3.05) is 22.8 Å². The number of carbonyl (C=O) groups excluding carboxylic acids is 2. The zero-order valence-electron chi connectivity index (χ0n) is 20.2. The Morgan fingerprint density at radius 2 is 1.74 bits per heavy atom. The highest BCUT2D eigenvalue weighted by Crippen LogP contribution is 2.30. The van der Waals surface area contributed by atoms with E-state index in [1.54, 1.807) is 49.4 Å². The molecule has 1 N–H and O–H groups in total. The molecule has 0 spiro atoms. The lowest BCUT2D eigenvalue weighted by Gasteiger charge is -2.23. The Hall–Kier alpha value is -3.44. The van der Waals surface area contributed by atoms with Crippen molar-refractivity contribution in [1.82, 2.24) is 0 Å². The minimum absolute atomic E-state index is 0.0428. The van der Waals surface area contributed by atoms with Gasteiger partial charge >= 0.3 is 5.97 Å². The molecule has 0 radical (unpaired) electrons. The van der Waals surface area contributed by atoms with Crippen LogP contribution in [0.2, 0.25) is 5.02 Å². The molecule has 38 heavy (non-hydrogen) atoms. The van der Waals surface area contributed by atoms with Gasteiger partial charge in [0.05, 0.1) is 26.9 Å². The minimum Gasteiger partial charge on any atom is -0.452 e. The number of carbonyl (C=O) groups is 2. The zero-order valence-corrected chi connectivity index (χ0v) is 23.4. The molecule has 0 unspecified atom stereocenters. The molecular formula is C27H23ClN2O5S3. The summed E-state index contributed by atoms with van der Waals surface area (Å²) in [6, 6.07) is 20.1. The van der Waals surface area contributed by atoms with E-state index in [9.17, 15) is 18.0 Å². The Labute approximate surface area is 234 Å². The average molecular weight is 587 g/mol. The van der Waals surface area contributed by atoms with Gasteiger partial charge in [-0.3, -0.25) is 9.10 Å². The van der Waals surface area contributed by atoms with Crippen LogP contribution in [0.3, 0.4) is 0 Å². The van der Waals surface area contributed by atoms with Crippen LogP contribution in [0.25, 0.3) is 11.6 Å². The SMILES string of the molecule is CCN(c1ccccc1)S(=O)(=O)c1ccc(Cl)c(NC(=O)COC(=O)C(=Cc2cccs2)c2cccs2)c1. The number of nitrogens with one attached hydrogen (secondary N) is 1. The number of hydrogen-bond acceptors (Lipinski definition) is 7. The monoisotopic (exact) mass is 586 g/mol. The Kier molecular flexibility index (Phi) is 9.01. The summed E-state index contributed by atoms with van der Waals surface area (Å²) in [6.07, 6.45) is 1.72. The first-order valence-electron chi connectivity index (χ1n) is 11.4. The van der Waals surface area contributed by atoms with Crippen molar-refractivity contribution < 1.29 is 22.7 Å². The first-order chi connectivity index (χ1) is 18.3. The van der Waals surface area contributed by atoms with Crippen molar-refractivity contribution in [1.29, 1.82) is 0 Å². The number of benzene rings is 2. The van der Waals surface area contributed by atoms with Gasteiger partial charge in [0.25, 0.3) is 15.9 Å². The predicted octanol–water partition coefficient (Wildman–Crippen LogP) is 6.40. The fraction of sp³-hybridized carbons (Fsp3) is 0.111. The van der Waals surface area contributed by atoms with Crippen LogP contribution in [-0.2, 0) is 24.3 Å². The van der Waals surface area contributed by atoms with Crippen molar-refractivity contribution in [2.45, 2.75) is 11.8 Å². The Morgan fingerprint density at radius 3 is 2.39 bits per heavy atom. The Morgan fingerprint density at radius 1 is 1.00 bits per heavy atom. The molecule has 4 aromatic rings. The lowest BCUT2D eigenvalue weighted by atomic mass is 10.2. The quantitative estimate of drug-likeness (QED) is 0.171. The third-order valence-corrected chi connectivity index (χ3v) is 9.25. The van der Waals surface area contributed by atoms with E-state index in [4.69, 9.17) is 16.3 Å². The highest BCUT2D eigenvalue weighted by atomic mass is 35.5. The van der Waals surface area contributed by atoms with Gasteiger partial charge in [0.2, 0.25) is 0 Å². The number of para-hydroxylation sites is 1. The largest absolute Gasteiger partial charge is 0.452 e. The third kappa shape index (κ3) is 6.51. The average Bonchev–Trinajstić information content (AvgIpc) is 3.63. The highest BCUT2D eigenvalue weighted by Gasteiger charge is 2.25. The highest BCUT2D eigenvalue weighted by molar-refractivity contribution is 7.92. The maximum atomic E-state index is 13.3. The van der Waals surface area contributed by atoms with Crippen LogP contribution in [0, 0.1) is 0 Å². The second-order valence-electron chi connectivity index (χ2n) is 7.82. The second kappa shape index (κ2) is 12.4. The first kappa shape index (κ1) is 27.6. The molecule has 2 aromatic carbocycles. The lowest BCUT2D eigenvalue weighted by Crippen LogP contribution is -2.30. The van der Waals surface area contributed by atoms with E-state index >= 15 is 0 Å². The zero-order chi connectivity index (χ0) is 27.1. The summed E-state index contributed by atoms with van der Waals surface area (Å²) < 4.78 is 33.2. The molecule has 7 nitrogen and oxygen atoms in total. The van der Waals surface area contributed by atoms with Crippen LogP contribution in [0.4, 0.5) is 11.4 Å². The van der Waals surface area contributed by atoms with Crippen LogP contribution in [0.1, 0.15) is 16.7 Å². The van der Waals surface area contributed by atoms with Gasteiger partial charge in [-0.05, 0) is 66.2 Å². The molecule has 0 aliphatic rings. The number of ether oxygens (including phenoxy) is 1. The van der Waals surface area contributed by atoms with E-state index in [1.165, 1.54) is 45.2 Å². The van der Waals surface area contributed by atoms with Crippen molar-refractivity contribution in [3.05, 3.63) is 98.3 Å². The molecule has 11 heteroatoms. The number of halogens is 1. The number of hydrogen-bond donors (Lipinski definition) is 1. The van der Waals surface area contributed by atoms with E-state index in [-0.39, 0.29) is 22.2 Å². The number of anilines is 2. The van der Waals surface area contributed by atoms with Gasteiger partial charge in [-0.15, -0.1) is 22.7 Å². The second-order valence-corrected chi connectivity index (χ2v) is 12.0. The fourth-order valence-electron chi connectivity index (χ4n) is 3.55. The topological polar surface area (TPSA) is 92.8 Å². The lowest BCUT2D eigenvalue weighted by molar-refractivity contribution is -0.141. The molecule has 0 saturated heterocycles. The van der Waals surface area contributed by atoms with Crippen molar-refractivity contribution in [2.24, 2.45) is 0 Å². The number of nitrogens with zero attached hydrogens (tertiary/aromatic N) is 1. The molecule has 0 aliphatic carbocycles. The summed E-state index contributed by atoms with van der Waals surface area (Å²) in [5, 5.41) is 6.43. The first-order valence-corrected chi connectivity index (χ1v) is 15.0. The fourth-order valence-corrected chi connectivity index (χ4v) is 6.60. The van der Waals surface area contributed by atoms with E-state index < -0.39 is 28.5 Å². The molecule has 0 bridgehead atoms. The summed E-state index contributed by atoms with van der Waals surface area (Å²) in [4.78, 5) is 27.0. The number of amides is 1. The van der Waals surface area contributed by atoms with Gasteiger partial charge < -0.3 is 10.1 Å². The number of sulfonamides is 1. The normalized spacial score (nSPS) is 11.7. The molecule has 0 atom stereocenters. The molecule has 4 rings (SSSR count). The van der Waals surface area contributed by atoms with Gasteiger partial charge in [-0.25, -0.2) is 13.2 Å². The molecule has 0 aliphatic heterocycles. The van der Waals surface area contributed by atoms with Crippen molar-refractivity contribution in [3.63, 3.8) is 0 Å². The van der Waals surface area contributed by atoms with E-state index in [0.717, 1.165) is 4.88 Å². The Balaban J connectivity index is 1.48. The van der Waals surface area contributed by atoms with Crippen LogP contribution >= 0.6 is 34.3 Å². The summed E-state index contributed by atoms with van der Waals surface area (Å²) in [5.41, 5.74) is 0.937. The summed E-state index contributed by atoms with van der Waals surface area (Å²) >= 11 is 9.10. The van der Waals surface area contributed by atoms with E-state index in [2.05, 4.69) is 5.32 Å². The molecule has 196 valence electrons. The van der Waals surface area contributed by atoms with E-state index in [0.29, 0.717) is 16.1 Å². The smallest absolute Gasteiger partial charge is 0.340 e. The molecule has 0 saturated carbocycles. The molecule has 1 amide bonds. The van der Waals surface area contributed by atoms with Crippen molar-refractivity contribution >= 4 is 79.2 Å². The number of thiophene rings is 2. The van der Waals surface area contributed by atoms with Gasteiger partial charge in [0, 0.05) is 16.3 Å². The van der Waals surface area contributed by atoms with E-state index in [1.807, 2.05) is 29.0 Å². The summed E-state index contributed by atoms with van der Waals surface area (Å²) in [7, 11) is -3.93. The van der Waals surface area contributed by atoms with Gasteiger partial charge in [0.15, 0.2) is 6.61 Å². The van der Waals surface area contributed by atoms with Gasteiger partial charge in [0.1, 0.15) is 0 Å². The molecule has 2 aromatic heterocycles. The van der Waals surface area contributed by atoms with Crippen LogP contribution in [0.15, 0.2) is 88.5 Å². The van der Waals surface area contributed by atoms with Gasteiger partial charge in [-0.1, -0.05) is 41.9 Å². The van der Waals surface area contributed by atoms with Gasteiger partial charge in [-0.2, -0.15) is 0 Å². The third-order valence-electron chi connectivity index (χ3n) is 5.30. The standard InChI is InChI=1S/C27H23ClN2O5S3/c1-2-30(19-8-4-3-5-9-19)38(33,34)21-12-13-23(28)24(17-21)29-26(31)18-35-27(32)22(25-11-7-15-37-25)16-20-10-6-14-36-20/h3-17H,2,18H2,1H3,(H,29,31). The molecule has 0 fully saturated rings. The minimum atomic E-state index is -3.93. The summed E-state index contributed by atoms with van der Waals surface area (Å²) in [6.45, 7) is 1.36.